The second kappa shape index (κ2) is 4.17. The maximum atomic E-state index is 14.9. The Morgan fingerprint density at radius 3 is 1.47 bits per heavy atom. The maximum absolute atomic E-state index is 14.9. The van der Waals surface area contributed by atoms with E-state index >= 15 is 0 Å². The first-order valence-electron chi connectivity index (χ1n) is 6.59. The van der Waals surface area contributed by atoms with Crippen LogP contribution in [0.4, 0.5) is 4.39 Å². The Labute approximate surface area is 114 Å². The van der Waals surface area contributed by atoms with E-state index < -0.39 is 8.07 Å². The van der Waals surface area contributed by atoms with Crippen molar-refractivity contribution in [1.82, 2.24) is 0 Å². The lowest BCUT2D eigenvalue weighted by Gasteiger charge is -2.17. The molecule has 0 saturated carbocycles. The van der Waals surface area contributed by atoms with Crippen LogP contribution in [0.3, 0.4) is 0 Å². The summed E-state index contributed by atoms with van der Waals surface area (Å²) in [7, 11) is -1.95. The summed E-state index contributed by atoms with van der Waals surface area (Å²) in [4.78, 5) is 0. The van der Waals surface area contributed by atoms with Gasteiger partial charge in [-0.3, -0.25) is 0 Å². The lowest BCUT2D eigenvalue weighted by molar-refractivity contribution is 0.686. The van der Waals surface area contributed by atoms with Gasteiger partial charge >= 0.3 is 0 Å². The molecule has 0 atom stereocenters. The largest absolute Gasteiger partial charge is 0.217 e. The van der Waals surface area contributed by atoms with E-state index in [2.05, 4.69) is 31.8 Å². The molecule has 1 aliphatic rings. The molecular formula is C17H17FSi. The molecule has 1 aliphatic carbocycles. The summed E-state index contributed by atoms with van der Waals surface area (Å²) in [6, 6.07) is 16.2. The first-order valence-corrected chi connectivity index (χ1v) is 10.1. The average molecular weight is 268 g/mol. The SMILES string of the molecule is C[Si](C)(C)C(F)=C1c2ccccc2-c2ccccc21. The van der Waals surface area contributed by atoms with E-state index in [4.69, 9.17) is 0 Å². The van der Waals surface area contributed by atoms with Gasteiger partial charge in [-0.05, 0) is 22.3 Å². The van der Waals surface area contributed by atoms with Crippen molar-refractivity contribution in [3.63, 3.8) is 0 Å². The van der Waals surface area contributed by atoms with Crippen molar-refractivity contribution in [2.24, 2.45) is 0 Å². The van der Waals surface area contributed by atoms with Gasteiger partial charge in [0.2, 0.25) is 0 Å². The molecule has 0 saturated heterocycles. The van der Waals surface area contributed by atoms with Gasteiger partial charge in [0.1, 0.15) is 8.07 Å². The molecule has 0 bridgehead atoms. The van der Waals surface area contributed by atoms with E-state index in [1.165, 1.54) is 0 Å². The number of fused-ring (bicyclic) bond motifs is 3. The lowest BCUT2D eigenvalue weighted by Crippen LogP contribution is -2.22. The van der Waals surface area contributed by atoms with Gasteiger partial charge in [-0.15, -0.1) is 0 Å². The molecule has 2 aromatic rings. The summed E-state index contributed by atoms with van der Waals surface area (Å²) < 4.78 is 14.9. The van der Waals surface area contributed by atoms with Gasteiger partial charge in [0.25, 0.3) is 0 Å². The van der Waals surface area contributed by atoms with Crippen LogP contribution >= 0.6 is 0 Å². The number of benzene rings is 2. The molecule has 3 rings (SSSR count). The van der Waals surface area contributed by atoms with Gasteiger partial charge in [-0.25, -0.2) is 4.39 Å². The highest BCUT2D eigenvalue weighted by Gasteiger charge is 2.31. The van der Waals surface area contributed by atoms with Crippen molar-refractivity contribution in [2.75, 3.05) is 0 Å². The Kier molecular flexibility index (Phi) is 2.71. The highest BCUT2D eigenvalue weighted by molar-refractivity contribution is 6.83. The van der Waals surface area contributed by atoms with Gasteiger partial charge < -0.3 is 0 Å². The third-order valence-corrected chi connectivity index (χ3v) is 5.13. The van der Waals surface area contributed by atoms with Crippen LogP contribution in [0.15, 0.2) is 54.0 Å². The molecular weight excluding hydrogens is 251 g/mol. The van der Waals surface area contributed by atoms with E-state index in [0.29, 0.717) is 0 Å². The Hall–Kier alpha value is -1.67. The molecule has 0 unspecified atom stereocenters. The number of hydrogen-bond donors (Lipinski definition) is 0. The molecule has 0 fully saturated rings. The van der Waals surface area contributed by atoms with Crippen molar-refractivity contribution < 1.29 is 4.39 Å². The zero-order valence-electron chi connectivity index (χ0n) is 11.5. The summed E-state index contributed by atoms with van der Waals surface area (Å²) in [6.07, 6.45) is 0. The van der Waals surface area contributed by atoms with E-state index in [9.17, 15) is 4.39 Å². The molecule has 2 aromatic carbocycles. The van der Waals surface area contributed by atoms with E-state index in [-0.39, 0.29) is 5.45 Å². The normalized spacial score (nSPS) is 13.2. The zero-order chi connectivity index (χ0) is 13.6. The molecule has 96 valence electrons. The Morgan fingerprint density at radius 1 is 0.737 bits per heavy atom. The fourth-order valence-corrected chi connectivity index (χ4v) is 3.65. The molecule has 0 nitrogen and oxygen atoms in total. The molecule has 0 N–H and O–H groups in total. The van der Waals surface area contributed by atoms with Crippen LogP contribution in [0.1, 0.15) is 11.1 Å². The molecule has 0 radical (unpaired) electrons. The second-order valence-electron chi connectivity index (χ2n) is 6.03. The smallest absolute Gasteiger partial charge is 0.115 e. The van der Waals surface area contributed by atoms with E-state index in [1.54, 1.807) is 0 Å². The quantitative estimate of drug-likeness (QED) is 0.527. The van der Waals surface area contributed by atoms with Crippen LogP contribution in [0.2, 0.25) is 19.6 Å². The lowest BCUT2D eigenvalue weighted by atomic mass is 10.1. The molecule has 19 heavy (non-hydrogen) atoms. The van der Waals surface area contributed by atoms with Gasteiger partial charge in [0.15, 0.2) is 0 Å². The van der Waals surface area contributed by atoms with Crippen LogP contribution in [-0.4, -0.2) is 8.07 Å². The molecule has 0 heterocycles. The van der Waals surface area contributed by atoms with Gasteiger partial charge in [0.05, 0.1) is 5.45 Å². The highest BCUT2D eigenvalue weighted by Crippen LogP contribution is 2.46. The average Bonchev–Trinajstić information content (AvgIpc) is 2.71. The Bertz CT molecular complexity index is 630. The van der Waals surface area contributed by atoms with Crippen LogP contribution in [0.25, 0.3) is 16.7 Å². The van der Waals surface area contributed by atoms with Crippen molar-refractivity contribution >= 4 is 13.6 Å². The van der Waals surface area contributed by atoms with Crippen LogP contribution < -0.4 is 0 Å². The maximum Gasteiger partial charge on any atom is 0.115 e. The summed E-state index contributed by atoms with van der Waals surface area (Å²) in [5.41, 5.74) is 5.32. The van der Waals surface area contributed by atoms with Gasteiger partial charge in [0, 0.05) is 5.57 Å². The molecule has 0 aromatic heterocycles. The predicted octanol–water partition coefficient (Wildman–Crippen LogP) is 5.27. The molecule has 0 spiro atoms. The molecule has 0 amide bonds. The molecule has 0 aliphatic heterocycles. The van der Waals surface area contributed by atoms with Crippen LogP contribution in [-0.2, 0) is 0 Å². The second-order valence-corrected chi connectivity index (χ2v) is 11.0. The summed E-state index contributed by atoms with van der Waals surface area (Å²) in [6.45, 7) is 6.16. The fourth-order valence-electron chi connectivity index (χ4n) is 2.63. The van der Waals surface area contributed by atoms with Gasteiger partial charge in [-0.1, -0.05) is 68.2 Å². The Morgan fingerprint density at radius 2 is 1.11 bits per heavy atom. The third-order valence-electron chi connectivity index (χ3n) is 3.56. The zero-order valence-corrected chi connectivity index (χ0v) is 12.5. The highest BCUT2D eigenvalue weighted by atomic mass is 28.3. The van der Waals surface area contributed by atoms with Crippen molar-refractivity contribution in [2.45, 2.75) is 19.6 Å². The van der Waals surface area contributed by atoms with Crippen molar-refractivity contribution in [1.29, 1.82) is 0 Å². The van der Waals surface area contributed by atoms with E-state index in [1.807, 2.05) is 36.4 Å². The predicted molar refractivity (Wildman–Crippen MR) is 82.4 cm³/mol. The number of rotatable bonds is 1. The number of halogens is 1. The summed E-state index contributed by atoms with van der Waals surface area (Å²) in [5, 5.41) is 0. The minimum absolute atomic E-state index is 0.102. The topological polar surface area (TPSA) is 0 Å². The van der Waals surface area contributed by atoms with Crippen molar-refractivity contribution in [3.8, 4) is 11.1 Å². The standard InChI is InChI=1S/C17H17FSi/c1-19(2,3)17(18)16-14-10-6-4-8-12(14)13-9-5-7-11-15(13)16/h4-11H,1-3H3. The van der Waals surface area contributed by atoms with E-state index in [0.717, 1.165) is 27.8 Å². The monoisotopic (exact) mass is 268 g/mol. The minimum Gasteiger partial charge on any atom is -0.217 e. The first-order chi connectivity index (χ1) is 9.00. The Balaban J connectivity index is 2.39. The molecule has 2 heteroatoms. The summed E-state index contributed by atoms with van der Waals surface area (Å²) >= 11 is 0. The van der Waals surface area contributed by atoms with Crippen LogP contribution in [0, 0.1) is 0 Å². The third kappa shape index (κ3) is 1.87. The fraction of sp³-hybridized carbons (Fsp3) is 0.176. The minimum atomic E-state index is -1.95. The van der Waals surface area contributed by atoms with Crippen molar-refractivity contribution in [3.05, 3.63) is 65.1 Å². The number of hydrogen-bond acceptors (Lipinski definition) is 0. The summed E-state index contributed by atoms with van der Waals surface area (Å²) in [5.74, 6) is 0. The van der Waals surface area contributed by atoms with Gasteiger partial charge in [-0.2, -0.15) is 0 Å². The van der Waals surface area contributed by atoms with Crippen LogP contribution in [0.5, 0.6) is 0 Å². The first kappa shape index (κ1) is 12.4.